The summed E-state index contributed by atoms with van der Waals surface area (Å²) in [5, 5.41) is 3.43. The van der Waals surface area contributed by atoms with Gasteiger partial charge >= 0.3 is 0 Å². The molecule has 0 saturated carbocycles. The third-order valence-corrected chi connectivity index (χ3v) is 2.68. The van der Waals surface area contributed by atoms with Gasteiger partial charge in [0.05, 0.1) is 5.69 Å². The van der Waals surface area contributed by atoms with Crippen molar-refractivity contribution < 1.29 is 9.53 Å². The van der Waals surface area contributed by atoms with E-state index in [2.05, 4.69) is 19.2 Å². The Hall–Kier alpha value is -1.22. The number of hydrogen-bond acceptors (Lipinski definition) is 2. The first-order valence-electron chi connectivity index (χ1n) is 5.33. The molecule has 0 fully saturated rings. The first kappa shape index (κ1) is 11.3. The Labute approximate surface area is 99.7 Å². The molecule has 0 aliphatic carbocycles. The third kappa shape index (κ3) is 2.30. The Morgan fingerprint density at radius 1 is 1.50 bits per heavy atom. The fraction of sp³-hybridized carbons (Fsp3) is 0.417. The topological polar surface area (TPSA) is 38.3 Å². The largest absolute Gasteiger partial charge is 0.478 e. The summed E-state index contributed by atoms with van der Waals surface area (Å²) in [5.41, 5.74) is 0.689. The lowest BCUT2D eigenvalue weighted by molar-refractivity contribution is -0.124. The van der Waals surface area contributed by atoms with E-state index in [1.54, 1.807) is 18.2 Å². The number of anilines is 1. The van der Waals surface area contributed by atoms with Crippen LogP contribution in [0.2, 0.25) is 5.02 Å². The van der Waals surface area contributed by atoms with Crippen LogP contribution < -0.4 is 10.1 Å². The third-order valence-electron chi connectivity index (χ3n) is 2.45. The second-order valence-corrected chi connectivity index (χ2v) is 4.80. The van der Waals surface area contributed by atoms with E-state index < -0.39 is 6.10 Å². The first-order chi connectivity index (χ1) is 7.56. The van der Waals surface area contributed by atoms with Gasteiger partial charge in [-0.3, -0.25) is 4.79 Å². The normalized spacial score (nSPS) is 19.0. The van der Waals surface area contributed by atoms with Gasteiger partial charge in [-0.25, -0.2) is 0 Å². The van der Waals surface area contributed by atoms with Crippen LogP contribution in [-0.2, 0) is 4.79 Å². The molecule has 0 spiro atoms. The highest BCUT2D eigenvalue weighted by atomic mass is 35.5. The monoisotopic (exact) mass is 239 g/mol. The molecular formula is C12H14ClNO2. The number of benzene rings is 1. The van der Waals surface area contributed by atoms with Gasteiger partial charge in [0.25, 0.3) is 5.91 Å². The summed E-state index contributed by atoms with van der Waals surface area (Å²) < 4.78 is 5.64. The summed E-state index contributed by atoms with van der Waals surface area (Å²) in [7, 11) is 0. The predicted molar refractivity (Wildman–Crippen MR) is 64.0 cm³/mol. The molecule has 1 aromatic rings. The van der Waals surface area contributed by atoms with Gasteiger partial charge in [-0.05, 0) is 24.5 Å². The number of carbonyl (C=O) groups is 1. The van der Waals surface area contributed by atoms with Gasteiger partial charge in [0.2, 0.25) is 0 Å². The van der Waals surface area contributed by atoms with Crippen LogP contribution in [0.4, 0.5) is 5.69 Å². The van der Waals surface area contributed by atoms with Crippen molar-refractivity contribution >= 4 is 23.2 Å². The van der Waals surface area contributed by atoms with E-state index in [-0.39, 0.29) is 5.91 Å². The molecule has 2 rings (SSSR count). The minimum absolute atomic E-state index is 0.0801. The molecule has 0 saturated heterocycles. The van der Waals surface area contributed by atoms with E-state index in [9.17, 15) is 4.79 Å². The number of rotatable bonds is 2. The first-order valence-corrected chi connectivity index (χ1v) is 5.71. The number of halogens is 1. The zero-order valence-electron chi connectivity index (χ0n) is 9.29. The van der Waals surface area contributed by atoms with Gasteiger partial charge in [0.1, 0.15) is 5.75 Å². The maximum atomic E-state index is 11.7. The minimum atomic E-state index is -0.411. The molecule has 0 radical (unpaired) electrons. The van der Waals surface area contributed by atoms with Gasteiger partial charge in [-0.15, -0.1) is 0 Å². The number of hydrogen-bond donors (Lipinski definition) is 1. The lowest BCUT2D eigenvalue weighted by atomic mass is 10.0. The lowest BCUT2D eigenvalue weighted by Gasteiger charge is -2.26. The molecule has 1 aliphatic heterocycles. The van der Waals surface area contributed by atoms with Crippen molar-refractivity contribution in [3.8, 4) is 5.75 Å². The molecule has 86 valence electrons. The van der Waals surface area contributed by atoms with E-state index in [0.29, 0.717) is 28.8 Å². The Morgan fingerprint density at radius 2 is 2.25 bits per heavy atom. The van der Waals surface area contributed by atoms with Crippen molar-refractivity contribution in [3.63, 3.8) is 0 Å². The van der Waals surface area contributed by atoms with Crippen LogP contribution in [0.25, 0.3) is 0 Å². The minimum Gasteiger partial charge on any atom is -0.478 e. The van der Waals surface area contributed by atoms with Gasteiger partial charge in [-0.2, -0.15) is 0 Å². The Kier molecular flexibility index (Phi) is 3.06. The van der Waals surface area contributed by atoms with Crippen molar-refractivity contribution in [2.45, 2.75) is 26.4 Å². The highest BCUT2D eigenvalue weighted by Gasteiger charge is 2.28. The summed E-state index contributed by atoms with van der Waals surface area (Å²) in [4.78, 5) is 11.7. The molecule has 16 heavy (non-hydrogen) atoms. The van der Waals surface area contributed by atoms with Crippen LogP contribution in [-0.4, -0.2) is 12.0 Å². The van der Waals surface area contributed by atoms with Crippen LogP contribution >= 0.6 is 11.6 Å². The SMILES string of the molecule is CC(C)CC1Oc2cc(Cl)ccc2NC1=O. The average Bonchev–Trinajstić information content (AvgIpc) is 2.19. The van der Waals surface area contributed by atoms with Crippen LogP contribution in [0.1, 0.15) is 20.3 Å². The smallest absolute Gasteiger partial charge is 0.265 e. The van der Waals surface area contributed by atoms with Crippen molar-refractivity contribution in [2.24, 2.45) is 5.92 Å². The molecule has 1 aliphatic rings. The Bertz CT molecular complexity index is 417. The molecule has 3 nitrogen and oxygen atoms in total. The molecule has 1 amide bonds. The predicted octanol–water partition coefficient (Wildman–Crippen LogP) is 3.09. The summed E-state index contributed by atoms with van der Waals surface area (Å²) in [5.74, 6) is 0.984. The summed E-state index contributed by atoms with van der Waals surface area (Å²) in [6, 6.07) is 5.21. The fourth-order valence-corrected chi connectivity index (χ4v) is 1.86. The Morgan fingerprint density at radius 3 is 2.94 bits per heavy atom. The quantitative estimate of drug-likeness (QED) is 0.861. The molecular weight excluding hydrogens is 226 g/mol. The molecule has 1 N–H and O–H groups in total. The molecule has 1 atom stereocenters. The number of amides is 1. The maximum Gasteiger partial charge on any atom is 0.265 e. The van der Waals surface area contributed by atoms with Crippen molar-refractivity contribution in [1.82, 2.24) is 0 Å². The van der Waals surface area contributed by atoms with E-state index in [1.807, 2.05) is 0 Å². The molecule has 1 unspecified atom stereocenters. The average molecular weight is 240 g/mol. The molecule has 0 bridgehead atoms. The molecule has 1 aromatic carbocycles. The van der Waals surface area contributed by atoms with E-state index >= 15 is 0 Å². The fourth-order valence-electron chi connectivity index (χ4n) is 1.70. The van der Waals surface area contributed by atoms with Crippen LogP contribution in [0.3, 0.4) is 0 Å². The summed E-state index contributed by atoms with van der Waals surface area (Å²) >= 11 is 5.87. The number of ether oxygens (including phenoxy) is 1. The maximum absolute atomic E-state index is 11.7. The van der Waals surface area contributed by atoms with Gasteiger partial charge in [0.15, 0.2) is 6.10 Å². The van der Waals surface area contributed by atoms with Crippen molar-refractivity contribution in [1.29, 1.82) is 0 Å². The van der Waals surface area contributed by atoms with Gasteiger partial charge in [-0.1, -0.05) is 25.4 Å². The van der Waals surface area contributed by atoms with E-state index in [0.717, 1.165) is 0 Å². The van der Waals surface area contributed by atoms with E-state index in [1.165, 1.54) is 0 Å². The number of nitrogens with one attached hydrogen (secondary N) is 1. The standard InChI is InChI=1S/C12H14ClNO2/c1-7(2)5-11-12(15)14-9-4-3-8(13)6-10(9)16-11/h3-4,6-7,11H,5H2,1-2H3,(H,14,15). The highest BCUT2D eigenvalue weighted by molar-refractivity contribution is 6.30. The Balaban J connectivity index is 2.22. The van der Waals surface area contributed by atoms with Gasteiger partial charge < -0.3 is 10.1 Å². The molecule has 4 heteroatoms. The molecule has 1 heterocycles. The number of fused-ring (bicyclic) bond motifs is 1. The van der Waals surface area contributed by atoms with Crippen molar-refractivity contribution in [3.05, 3.63) is 23.2 Å². The zero-order chi connectivity index (χ0) is 11.7. The van der Waals surface area contributed by atoms with Gasteiger partial charge in [0, 0.05) is 11.1 Å². The summed E-state index contributed by atoms with van der Waals surface area (Å²) in [6.45, 7) is 4.12. The van der Waals surface area contributed by atoms with Crippen LogP contribution in [0.5, 0.6) is 5.75 Å². The van der Waals surface area contributed by atoms with Crippen LogP contribution in [0, 0.1) is 5.92 Å². The summed E-state index contributed by atoms with van der Waals surface area (Å²) in [6.07, 6.45) is 0.295. The second kappa shape index (κ2) is 4.34. The van der Waals surface area contributed by atoms with E-state index in [4.69, 9.17) is 16.3 Å². The zero-order valence-corrected chi connectivity index (χ0v) is 10.0. The van der Waals surface area contributed by atoms with Crippen LogP contribution in [0.15, 0.2) is 18.2 Å². The lowest BCUT2D eigenvalue weighted by Crippen LogP contribution is -2.37. The number of carbonyl (C=O) groups excluding carboxylic acids is 1. The second-order valence-electron chi connectivity index (χ2n) is 4.37. The molecule has 0 aromatic heterocycles. The highest BCUT2D eigenvalue weighted by Crippen LogP contribution is 2.33. The van der Waals surface area contributed by atoms with Crippen molar-refractivity contribution in [2.75, 3.05) is 5.32 Å².